The molecule has 1 aromatic rings. The third-order valence-electron chi connectivity index (χ3n) is 3.38. The van der Waals surface area contributed by atoms with Crippen molar-refractivity contribution in [2.75, 3.05) is 18.0 Å². The topological polar surface area (TPSA) is 49.4 Å². The highest BCUT2D eigenvalue weighted by atomic mass is 16.2. The lowest BCUT2D eigenvalue weighted by atomic mass is 10.1. The highest BCUT2D eigenvalue weighted by Gasteiger charge is 2.25. The van der Waals surface area contributed by atoms with Gasteiger partial charge in [0.25, 0.3) is 5.91 Å². The van der Waals surface area contributed by atoms with Gasteiger partial charge in [-0.2, -0.15) is 0 Å². The summed E-state index contributed by atoms with van der Waals surface area (Å²) in [5.74, 6) is -0.199. The lowest BCUT2D eigenvalue weighted by Crippen LogP contribution is -2.37. The van der Waals surface area contributed by atoms with Gasteiger partial charge in [0.05, 0.1) is 17.8 Å². The van der Waals surface area contributed by atoms with Crippen LogP contribution in [0.5, 0.6) is 0 Å². The van der Waals surface area contributed by atoms with E-state index in [1.54, 1.807) is 11.0 Å². The van der Waals surface area contributed by atoms with Gasteiger partial charge in [-0.15, -0.1) is 0 Å². The maximum absolute atomic E-state index is 12.1. The SMILES string of the molecule is CCCCCCN1C(=O)CNC(=O)c2ccccc21. The Bertz CT molecular complexity index is 471. The van der Waals surface area contributed by atoms with E-state index in [0.29, 0.717) is 12.1 Å². The molecular weight excluding hydrogens is 240 g/mol. The second-order valence-corrected chi connectivity index (χ2v) is 4.81. The highest BCUT2D eigenvalue weighted by Crippen LogP contribution is 2.23. The van der Waals surface area contributed by atoms with Crippen LogP contribution in [0.4, 0.5) is 5.69 Å². The summed E-state index contributed by atoms with van der Waals surface area (Å²) in [6.45, 7) is 2.93. The Morgan fingerprint density at radius 1 is 1.16 bits per heavy atom. The molecule has 0 radical (unpaired) electrons. The van der Waals surface area contributed by atoms with Crippen molar-refractivity contribution in [2.24, 2.45) is 0 Å². The minimum Gasteiger partial charge on any atom is -0.343 e. The second kappa shape index (κ2) is 6.36. The number of hydrogen-bond donors (Lipinski definition) is 1. The van der Waals surface area contributed by atoms with Crippen molar-refractivity contribution >= 4 is 17.5 Å². The average Bonchev–Trinajstić information content (AvgIpc) is 2.55. The van der Waals surface area contributed by atoms with Crippen LogP contribution in [-0.4, -0.2) is 24.9 Å². The molecule has 4 heteroatoms. The van der Waals surface area contributed by atoms with Gasteiger partial charge >= 0.3 is 0 Å². The van der Waals surface area contributed by atoms with Crippen LogP contribution < -0.4 is 10.2 Å². The first-order valence-electron chi connectivity index (χ1n) is 6.91. The Labute approximate surface area is 113 Å². The van der Waals surface area contributed by atoms with Gasteiger partial charge in [-0.1, -0.05) is 38.3 Å². The van der Waals surface area contributed by atoms with Gasteiger partial charge in [0.1, 0.15) is 0 Å². The standard InChI is InChI=1S/C15H20N2O2/c1-2-3-4-7-10-17-13-9-6-5-8-12(13)15(19)16-11-14(17)18/h5-6,8-9H,2-4,7,10-11H2,1H3,(H,16,19). The van der Waals surface area contributed by atoms with Crippen LogP contribution in [0, 0.1) is 0 Å². The van der Waals surface area contributed by atoms with E-state index in [2.05, 4.69) is 12.2 Å². The summed E-state index contributed by atoms with van der Waals surface area (Å²) in [6.07, 6.45) is 4.44. The summed E-state index contributed by atoms with van der Waals surface area (Å²) >= 11 is 0. The molecule has 0 atom stereocenters. The van der Waals surface area contributed by atoms with Crippen molar-refractivity contribution < 1.29 is 9.59 Å². The minimum atomic E-state index is -0.167. The van der Waals surface area contributed by atoms with Crippen molar-refractivity contribution in [3.8, 4) is 0 Å². The monoisotopic (exact) mass is 260 g/mol. The lowest BCUT2D eigenvalue weighted by Gasteiger charge is -2.21. The quantitative estimate of drug-likeness (QED) is 0.826. The predicted molar refractivity (Wildman–Crippen MR) is 75.3 cm³/mol. The molecule has 0 aliphatic carbocycles. The molecule has 0 saturated heterocycles. The Morgan fingerprint density at radius 2 is 1.95 bits per heavy atom. The van der Waals surface area contributed by atoms with Crippen molar-refractivity contribution in [1.29, 1.82) is 0 Å². The van der Waals surface area contributed by atoms with E-state index in [9.17, 15) is 9.59 Å². The van der Waals surface area contributed by atoms with Crippen LogP contribution in [0.1, 0.15) is 43.0 Å². The zero-order valence-electron chi connectivity index (χ0n) is 11.3. The van der Waals surface area contributed by atoms with Gasteiger partial charge in [-0.3, -0.25) is 9.59 Å². The van der Waals surface area contributed by atoms with Crippen LogP contribution in [0.3, 0.4) is 0 Å². The van der Waals surface area contributed by atoms with Crippen LogP contribution in [0.25, 0.3) is 0 Å². The largest absolute Gasteiger partial charge is 0.343 e. The molecule has 2 amide bonds. The highest BCUT2D eigenvalue weighted by molar-refractivity contribution is 6.09. The molecule has 102 valence electrons. The summed E-state index contributed by atoms with van der Waals surface area (Å²) in [5, 5.41) is 2.65. The molecule has 0 unspecified atom stereocenters. The first-order chi connectivity index (χ1) is 9.24. The molecule has 0 aromatic heterocycles. The number of nitrogens with zero attached hydrogens (tertiary/aromatic N) is 1. The second-order valence-electron chi connectivity index (χ2n) is 4.81. The number of amides is 2. The number of benzene rings is 1. The number of hydrogen-bond acceptors (Lipinski definition) is 2. The number of carbonyl (C=O) groups excluding carboxylic acids is 2. The molecule has 1 N–H and O–H groups in total. The van der Waals surface area contributed by atoms with E-state index in [4.69, 9.17) is 0 Å². The molecule has 1 aliphatic rings. The molecule has 1 aromatic carbocycles. The zero-order chi connectivity index (χ0) is 13.7. The first kappa shape index (κ1) is 13.6. The lowest BCUT2D eigenvalue weighted by molar-refractivity contribution is -0.117. The summed E-state index contributed by atoms with van der Waals surface area (Å²) in [5.41, 5.74) is 1.32. The molecule has 2 rings (SSSR count). The Kier molecular flexibility index (Phi) is 4.55. The van der Waals surface area contributed by atoms with E-state index >= 15 is 0 Å². The minimum absolute atomic E-state index is 0.0326. The molecule has 1 aliphatic heterocycles. The number of anilines is 1. The van der Waals surface area contributed by atoms with Crippen molar-refractivity contribution in [3.05, 3.63) is 29.8 Å². The van der Waals surface area contributed by atoms with E-state index in [0.717, 1.165) is 18.5 Å². The molecule has 0 fully saturated rings. The molecule has 1 heterocycles. The molecule has 19 heavy (non-hydrogen) atoms. The number of nitrogens with one attached hydrogen (secondary N) is 1. The van der Waals surface area contributed by atoms with Gasteiger partial charge in [0.15, 0.2) is 0 Å². The van der Waals surface area contributed by atoms with Crippen LogP contribution in [0.15, 0.2) is 24.3 Å². The smallest absolute Gasteiger partial charge is 0.253 e. The first-order valence-corrected chi connectivity index (χ1v) is 6.91. The molecule has 0 saturated carbocycles. The van der Waals surface area contributed by atoms with Gasteiger partial charge in [-0.05, 0) is 18.6 Å². The number of fused-ring (bicyclic) bond motifs is 1. The fraction of sp³-hybridized carbons (Fsp3) is 0.467. The number of rotatable bonds is 5. The van der Waals surface area contributed by atoms with Crippen LogP contribution >= 0.6 is 0 Å². The van der Waals surface area contributed by atoms with E-state index in [1.807, 2.05) is 18.2 Å². The van der Waals surface area contributed by atoms with E-state index in [-0.39, 0.29) is 18.4 Å². The Morgan fingerprint density at radius 3 is 2.74 bits per heavy atom. The molecule has 0 bridgehead atoms. The van der Waals surface area contributed by atoms with Crippen molar-refractivity contribution in [3.63, 3.8) is 0 Å². The summed E-state index contributed by atoms with van der Waals surface area (Å²) in [6, 6.07) is 7.30. The number of carbonyl (C=O) groups is 2. The number of unbranched alkanes of at least 4 members (excludes halogenated alkanes) is 3. The normalized spacial score (nSPS) is 14.9. The fourth-order valence-corrected chi connectivity index (χ4v) is 2.32. The summed E-state index contributed by atoms with van der Waals surface area (Å²) < 4.78 is 0. The van der Waals surface area contributed by atoms with Crippen LogP contribution in [0.2, 0.25) is 0 Å². The van der Waals surface area contributed by atoms with Gasteiger partial charge < -0.3 is 10.2 Å². The van der Waals surface area contributed by atoms with Crippen molar-refractivity contribution in [1.82, 2.24) is 5.32 Å². The van der Waals surface area contributed by atoms with Gasteiger partial charge in [0, 0.05) is 6.54 Å². The van der Waals surface area contributed by atoms with Gasteiger partial charge in [0.2, 0.25) is 5.91 Å². The fourth-order valence-electron chi connectivity index (χ4n) is 2.32. The summed E-state index contributed by atoms with van der Waals surface area (Å²) in [7, 11) is 0. The van der Waals surface area contributed by atoms with Crippen molar-refractivity contribution in [2.45, 2.75) is 32.6 Å². The zero-order valence-corrected chi connectivity index (χ0v) is 11.3. The van der Waals surface area contributed by atoms with E-state index < -0.39 is 0 Å². The molecule has 4 nitrogen and oxygen atoms in total. The predicted octanol–water partition coefficient (Wildman–Crippen LogP) is 2.34. The maximum Gasteiger partial charge on any atom is 0.253 e. The third-order valence-corrected chi connectivity index (χ3v) is 3.38. The maximum atomic E-state index is 12.1. The Hall–Kier alpha value is -1.84. The van der Waals surface area contributed by atoms with Crippen LogP contribution in [-0.2, 0) is 4.79 Å². The molecular formula is C15H20N2O2. The van der Waals surface area contributed by atoms with Gasteiger partial charge in [-0.25, -0.2) is 0 Å². The third kappa shape index (κ3) is 3.13. The number of para-hydroxylation sites is 1. The summed E-state index contributed by atoms with van der Waals surface area (Å²) in [4.78, 5) is 25.7. The Balaban J connectivity index is 2.17. The average molecular weight is 260 g/mol. The molecule has 0 spiro atoms. The van der Waals surface area contributed by atoms with E-state index in [1.165, 1.54) is 12.8 Å².